The topological polar surface area (TPSA) is 84.3 Å². The highest BCUT2D eigenvalue weighted by Crippen LogP contribution is 2.24. The molecule has 0 spiro atoms. The van der Waals surface area contributed by atoms with Crippen molar-refractivity contribution in [1.29, 1.82) is 0 Å². The first kappa shape index (κ1) is 22.3. The number of nitrogens with zero attached hydrogens (tertiary/aromatic N) is 3. The zero-order valence-corrected chi connectivity index (χ0v) is 19.2. The maximum absolute atomic E-state index is 13.1. The van der Waals surface area contributed by atoms with Gasteiger partial charge in [0.15, 0.2) is 0 Å². The molecule has 0 aliphatic heterocycles. The normalized spacial score (nSPS) is 11.2. The molecule has 1 aromatic heterocycles. The number of hydrogen-bond donors (Lipinski definition) is 1. The van der Waals surface area contributed by atoms with E-state index in [-0.39, 0.29) is 10.8 Å². The molecule has 0 unspecified atom stereocenters. The van der Waals surface area contributed by atoms with Gasteiger partial charge in [0.1, 0.15) is 0 Å². The first-order chi connectivity index (χ1) is 15.9. The van der Waals surface area contributed by atoms with Gasteiger partial charge in [0.05, 0.1) is 33.7 Å². The van der Waals surface area contributed by atoms with E-state index in [2.05, 4.69) is 10.4 Å². The Morgan fingerprint density at radius 2 is 1.64 bits per heavy atom. The van der Waals surface area contributed by atoms with Crippen LogP contribution in [0, 0.1) is 0 Å². The summed E-state index contributed by atoms with van der Waals surface area (Å²) in [6, 6.07) is 24.6. The molecule has 1 heterocycles. The fourth-order valence-corrected chi connectivity index (χ4v) is 4.80. The minimum Gasteiger partial charge on any atom is -0.322 e. The number of benzene rings is 3. The van der Waals surface area contributed by atoms with E-state index in [0.717, 1.165) is 11.4 Å². The van der Waals surface area contributed by atoms with Gasteiger partial charge in [0, 0.05) is 12.7 Å². The molecule has 0 saturated heterocycles. The van der Waals surface area contributed by atoms with Crippen molar-refractivity contribution in [3.05, 3.63) is 102 Å². The summed E-state index contributed by atoms with van der Waals surface area (Å²) in [5.74, 6) is -0.347. The highest BCUT2D eigenvalue weighted by Gasteiger charge is 2.22. The first-order valence-electron chi connectivity index (χ1n) is 10.5. The van der Waals surface area contributed by atoms with Gasteiger partial charge in [-0.2, -0.15) is 5.10 Å². The van der Waals surface area contributed by atoms with Gasteiger partial charge in [0.2, 0.25) is 0 Å². The van der Waals surface area contributed by atoms with Crippen LogP contribution in [-0.4, -0.2) is 31.2 Å². The molecule has 1 N–H and O–H groups in total. The summed E-state index contributed by atoms with van der Waals surface area (Å²) >= 11 is 0. The fourth-order valence-electron chi connectivity index (χ4n) is 3.56. The molecule has 0 aliphatic carbocycles. The van der Waals surface area contributed by atoms with Crippen molar-refractivity contribution in [2.24, 2.45) is 0 Å². The van der Waals surface area contributed by atoms with Crippen LogP contribution in [0.3, 0.4) is 0 Å². The van der Waals surface area contributed by atoms with Crippen LogP contribution in [-0.2, 0) is 16.4 Å². The summed E-state index contributed by atoms with van der Waals surface area (Å²) in [4.78, 5) is 13.1. The van der Waals surface area contributed by atoms with Gasteiger partial charge in [-0.3, -0.25) is 9.10 Å². The molecule has 1 amide bonds. The molecule has 33 heavy (non-hydrogen) atoms. The number of aromatic nitrogens is 2. The first-order valence-corrected chi connectivity index (χ1v) is 11.9. The summed E-state index contributed by atoms with van der Waals surface area (Å²) < 4.78 is 29.2. The average Bonchev–Trinajstić information content (AvgIpc) is 3.29. The number of sulfonamides is 1. The highest BCUT2D eigenvalue weighted by molar-refractivity contribution is 7.92. The molecular formula is C25H24N4O3S. The van der Waals surface area contributed by atoms with Crippen LogP contribution in [0.5, 0.6) is 0 Å². The number of carbonyl (C=O) groups is 1. The molecule has 0 aliphatic rings. The maximum atomic E-state index is 13.1. The van der Waals surface area contributed by atoms with Crippen LogP contribution in [0.2, 0.25) is 0 Å². The molecule has 4 rings (SSSR count). The van der Waals surface area contributed by atoms with Crippen LogP contribution in [0.25, 0.3) is 5.69 Å². The zero-order valence-electron chi connectivity index (χ0n) is 18.3. The third-order valence-corrected chi connectivity index (χ3v) is 7.10. The van der Waals surface area contributed by atoms with Crippen molar-refractivity contribution < 1.29 is 13.2 Å². The minimum absolute atomic E-state index is 0.0855. The molecule has 0 saturated carbocycles. The Hall–Kier alpha value is -3.91. The Labute approximate surface area is 193 Å². The van der Waals surface area contributed by atoms with E-state index in [1.165, 1.54) is 29.7 Å². The number of hydrogen-bond acceptors (Lipinski definition) is 4. The van der Waals surface area contributed by atoms with Gasteiger partial charge in [-0.1, -0.05) is 49.4 Å². The molecule has 0 bridgehead atoms. The Morgan fingerprint density at radius 1 is 0.970 bits per heavy atom. The molecular weight excluding hydrogens is 436 g/mol. The van der Waals surface area contributed by atoms with Crippen molar-refractivity contribution in [3.8, 4) is 5.69 Å². The Balaban J connectivity index is 1.59. The van der Waals surface area contributed by atoms with E-state index < -0.39 is 10.0 Å². The molecule has 0 fully saturated rings. The summed E-state index contributed by atoms with van der Waals surface area (Å²) in [5.41, 5.74) is 3.01. The van der Waals surface area contributed by atoms with Crippen LogP contribution < -0.4 is 9.62 Å². The molecule has 3 aromatic carbocycles. The van der Waals surface area contributed by atoms with Crippen molar-refractivity contribution in [3.63, 3.8) is 0 Å². The quantitative estimate of drug-likeness (QED) is 0.440. The lowest BCUT2D eigenvalue weighted by molar-refractivity contribution is 0.102. The van der Waals surface area contributed by atoms with E-state index >= 15 is 0 Å². The number of para-hydroxylation sites is 2. The summed E-state index contributed by atoms with van der Waals surface area (Å²) in [6.45, 7) is 1.96. The fraction of sp³-hybridized carbons (Fsp3) is 0.120. The van der Waals surface area contributed by atoms with Gasteiger partial charge < -0.3 is 5.32 Å². The summed E-state index contributed by atoms with van der Waals surface area (Å²) in [6.07, 6.45) is 2.14. The summed E-state index contributed by atoms with van der Waals surface area (Å²) in [5, 5.41) is 7.20. The van der Waals surface area contributed by atoms with Crippen LogP contribution in [0.1, 0.15) is 23.0 Å². The molecule has 8 heteroatoms. The standard InChI is InChI=1S/C25H24N4O3S/c1-3-24-23(18-26-29(24)21-14-8-5-9-15-21)25(30)27-19-11-10-16-22(17-19)33(31,32)28(2)20-12-6-4-7-13-20/h4-18H,3H2,1-2H3,(H,27,30). The van der Waals surface area contributed by atoms with Gasteiger partial charge in [-0.05, 0) is 48.9 Å². The van der Waals surface area contributed by atoms with Crippen molar-refractivity contribution in [2.45, 2.75) is 18.2 Å². The maximum Gasteiger partial charge on any atom is 0.264 e. The third-order valence-electron chi connectivity index (χ3n) is 5.32. The Bertz CT molecular complexity index is 1370. The minimum atomic E-state index is -3.79. The Morgan fingerprint density at radius 3 is 2.30 bits per heavy atom. The van der Waals surface area contributed by atoms with E-state index in [0.29, 0.717) is 23.4 Å². The van der Waals surface area contributed by atoms with E-state index in [4.69, 9.17) is 0 Å². The molecule has 0 atom stereocenters. The molecule has 168 valence electrons. The van der Waals surface area contributed by atoms with Gasteiger partial charge in [-0.25, -0.2) is 13.1 Å². The largest absolute Gasteiger partial charge is 0.322 e. The number of carbonyl (C=O) groups excluding carboxylic acids is 1. The third kappa shape index (κ3) is 4.51. The second-order valence-electron chi connectivity index (χ2n) is 7.40. The zero-order chi connectivity index (χ0) is 23.4. The lowest BCUT2D eigenvalue weighted by Crippen LogP contribution is -2.26. The lowest BCUT2D eigenvalue weighted by Gasteiger charge is -2.20. The Kier molecular flexibility index (Phi) is 6.28. The second kappa shape index (κ2) is 9.30. The SMILES string of the molecule is CCc1c(C(=O)Nc2cccc(S(=O)(=O)N(C)c3ccccc3)c2)cnn1-c1ccccc1. The smallest absolute Gasteiger partial charge is 0.264 e. The number of rotatable bonds is 7. The predicted octanol–water partition coefficient (Wildman–Crippen LogP) is 4.51. The van der Waals surface area contributed by atoms with E-state index in [1.54, 1.807) is 41.1 Å². The van der Waals surface area contributed by atoms with Crippen LogP contribution in [0.4, 0.5) is 11.4 Å². The lowest BCUT2D eigenvalue weighted by atomic mass is 10.2. The van der Waals surface area contributed by atoms with Crippen molar-refractivity contribution in [1.82, 2.24) is 9.78 Å². The van der Waals surface area contributed by atoms with Crippen molar-refractivity contribution in [2.75, 3.05) is 16.7 Å². The molecule has 7 nitrogen and oxygen atoms in total. The second-order valence-corrected chi connectivity index (χ2v) is 9.37. The number of amides is 1. The van der Waals surface area contributed by atoms with E-state index in [9.17, 15) is 13.2 Å². The molecule has 4 aromatic rings. The monoisotopic (exact) mass is 460 g/mol. The predicted molar refractivity (Wildman–Crippen MR) is 129 cm³/mol. The average molecular weight is 461 g/mol. The van der Waals surface area contributed by atoms with Gasteiger partial charge >= 0.3 is 0 Å². The van der Waals surface area contributed by atoms with Gasteiger partial charge in [0.25, 0.3) is 15.9 Å². The number of nitrogens with one attached hydrogen (secondary N) is 1. The highest BCUT2D eigenvalue weighted by atomic mass is 32.2. The summed E-state index contributed by atoms with van der Waals surface area (Å²) in [7, 11) is -2.29. The van der Waals surface area contributed by atoms with Crippen molar-refractivity contribution >= 4 is 27.3 Å². The van der Waals surface area contributed by atoms with Crippen LogP contribution >= 0.6 is 0 Å². The van der Waals surface area contributed by atoms with E-state index in [1.807, 2.05) is 43.3 Å². The van der Waals surface area contributed by atoms with Crippen LogP contribution in [0.15, 0.2) is 96.0 Å². The number of anilines is 2. The van der Waals surface area contributed by atoms with Gasteiger partial charge in [-0.15, -0.1) is 0 Å². The molecule has 0 radical (unpaired) electrons.